The normalized spacial score (nSPS) is 10.8. The number of fused-ring (bicyclic) bond motifs is 1. The molecule has 5 nitrogen and oxygen atoms in total. The van der Waals surface area contributed by atoms with Crippen LogP contribution in [0.1, 0.15) is 5.69 Å². The van der Waals surface area contributed by atoms with Crippen molar-refractivity contribution in [1.29, 1.82) is 0 Å². The molecule has 2 aromatic heterocycles. The van der Waals surface area contributed by atoms with Crippen molar-refractivity contribution >= 4 is 34.3 Å². The molecule has 0 aliphatic heterocycles. The number of halogens is 1. The van der Waals surface area contributed by atoms with Crippen LogP contribution in [0.25, 0.3) is 11.0 Å². The zero-order valence-electron chi connectivity index (χ0n) is 10.0. The molecular weight excluding hydrogens is 262 g/mol. The number of imidazole rings is 1. The van der Waals surface area contributed by atoms with Gasteiger partial charge in [-0.05, 0) is 30.3 Å². The van der Waals surface area contributed by atoms with Crippen molar-refractivity contribution in [2.24, 2.45) is 0 Å². The Balaban J connectivity index is 1.76. The molecule has 0 amide bonds. The molecule has 0 atom stereocenters. The number of aromatic nitrogens is 3. The first-order chi connectivity index (χ1) is 9.20. The first-order valence-electron chi connectivity index (χ1n) is 5.80. The molecule has 2 heterocycles. The lowest BCUT2D eigenvalue weighted by atomic mass is 10.3. The molecule has 4 N–H and O–H groups in total. The van der Waals surface area contributed by atoms with Gasteiger partial charge in [-0.2, -0.15) is 0 Å². The molecule has 1 aromatic carbocycles. The molecule has 0 spiro atoms. The van der Waals surface area contributed by atoms with Gasteiger partial charge in [0.2, 0.25) is 5.95 Å². The van der Waals surface area contributed by atoms with Gasteiger partial charge in [0.1, 0.15) is 0 Å². The highest BCUT2D eigenvalue weighted by molar-refractivity contribution is 6.30. The number of aromatic amines is 1. The fourth-order valence-corrected chi connectivity index (χ4v) is 1.91. The van der Waals surface area contributed by atoms with Gasteiger partial charge in [0, 0.05) is 11.9 Å². The van der Waals surface area contributed by atoms with Gasteiger partial charge in [-0.25, -0.2) is 4.98 Å². The van der Waals surface area contributed by atoms with Crippen LogP contribution in [0.4, 0.5) is 11.6 Å². The number of nitrogens with two attached hydrogens (primary N) is 1. The van der Waals surface area contributed by atoms with Crippen LogP contribution >= 0.6 is 11.6 Å². The second-order valence-corrected chi connectivity index (χ2v) is 4.62. The fraction of sp³-hybridized carbons (Fsp3) is 0.0769. The van der Waals surface area contributed by atoms with Gasteiger partial charge < -0.3 is 16.0 Å². The standard InChI is InChI=1S/C13H12ClN5/c14-8-1-3-10(16-6-8)7-17-13-18-11-4-2-9(15)5-12(11)19-13/h1-6H,7,15H2,(H2,17,18,19). The molecule has 0 bridgehead atoms. The van der Waals surface area contributed by atoms with Crippen molar-refractivity contribution < 1.29 is 0 Å². The van der Waals surface area contributed by atoms with Crippen LogP contribution in [0.3, 0.4) is 0 Å². The maximum absolute atomic E-state index is 5.78. The third-order valence-corrected chi connectivity index (χ3v) is 2.96. The molecular formula is C13H12ClN5. The lowest BCUT2D eigenvalue weighted by Crippen LogP contribution is -2.02. The highest BCUT2D eigenvalue weighted by Gasteiger charge is 2.03. The summed E-state index contributed by atoms with van der Waals surface area (Å²) in [7, 11) is 0. The maximum atomic E-state index is 5.78. The van der Waals surface area contributed by atoms with Crippen molar-refractivity contribution in [1.82, 2.24) is 15.0 Å². The topological polar surface area (TPSA) is 79.6 Å². The van der Waals surface area contributed by atoms with Crippen LogP contribution in [0.15, 0.2) is 36.5 Å². The van der Waals surface area contributed by atoms with Gasteiger partial charge in [0.15, 0.2) is 0 Å². The molecule has 0 fully saturated rings. The Morgan fingerprint density at radius 1 is 1.26 bits per heavy atom. The van der Waals surface area contributed by atoms with Gasteiger partial charge in [-0.1, -0.05) is 11.6 Å². The van der Waals surface area contributed by atoms with E-state index in [9.17, 15) is 0 Å². The molecule has 0 unspecified atom stereocenters. The van der Waals surface area contributed by atoms with Crippen molar-refractivity contribution in [2.45, 2.75) is 6.54 Å². The quantitative estimate of drug-likeness (QED) is 0.641. The summed E-state index contributed by atoms with van der Waals surface area (Å²) in [6, 6.07) is 9.25. The largest absolute Gasteiger partial charge is 0.399 e. The number of anilines is 2. The van der Waals surface area contributed by atoms with Gasteiger partial charge >= 0.3 is 0 Å². The van der Waals surface area contributed by atoms with E-state index in [1.165, 1.54) is 0 Å². The van der Waals surface area contributed by atoms with Crippen molar-refractivity contribution in [2.75, 3.05) is 11.1 Å². The molecule has 0 aliphatic rings. The zero-order chi connectivity index (χ0) is 13.2. The number of nitrogens with one attached hydrogen (secondary N) is 2. The van der Waals surface area contributed by atoms with E-state index in [4.69, 9.17) is 17.3 Å². The van der Waals surface area contributed by atoms with Crippen LogP contribution in [-0.4, -0.2) is 15.0 Å². The molecule has 96 valence electrons. The minimum absolute atomic E-state index is 0.576. The number of hydrogen-bond donors (Lipinski definition) is 3. The van der Waals surface area contributed by atoms with Crippen molar-refractivity contribution in [3.8, 4) is 0 Å². The number of hydrogen-bond acceptors (Lipinski definition) is 4. The van der Waals surface area contributed by atoms with E-state index in [1.807, 2.05) is 30.3 Å². The summed E-state index contributed by atoms with van der Waals surface area (Å²) >= 11 is 5.78. The van der Waals surface area contributed by atoms with Crippen molar-refractivity contribution in [3.63, 3.8) is 0 Å². The third kappa shape index (κ3) is 2.61. The van der Waals surface area contributed by atoms with E-state index in [0.29, 0.717) is 23.2 Å². The first kappa shape index (κ1) is 11.8. The smallest absolute Gasteiger partial charge is 0.201 e. The summed E-state index contributed by atoms with van der Waals surface area (Å²) in [5, 5.41) is 3.80. The lowest BCUT2D eigenvalue weighted by Gasteiger charge is -2.01. The maximum Gasteiger partial charge on any atom is 0.201 e. The van der Waals surface area contributed by atoms with Gasteiger partial charge in [0.05, 0.1) is 28.3 Å². The average molecular weight is 274 g/mol. The van der Waals surface area contributed by atoms with E-state index in [1.54, 1.807) is 6.20 Å². The summed E-state index contributed by atoms with van der Waals surface area (Å²) in [6.07, 6.45) is 1.62. The van der Waals surface area contributed by atoms with Gasteiger partial charge in [0.25, 0.3) is 0 Å². The summed E-state index contributed by atoms with van der Waals surface area (Å²) in [4.78, 5) is 11.8. The summed E-state index contributed by atoms with van der Waals surface area (Å²) < 4.78 is 0. The Bertz CT molecular complexity index is 705. The minimum atomic E-state index is 0.576. The Morgan fingerprint density at radius 2 is 2.16 bits per heavy atom. The number of benzene rings is 1. The van der Waals surface area contributed by atoms with Crippen molar-refractivity contribution in [3.05, 3.63) is 47.2 Å². The highest BCUT2D eigenvalue weighted by Crippen LogP contribution is 2.17. The number of nitrogen functional groups attached to an aromatic ring is 1. The Morgan fingerprint density at radius 3 is 2.95 bits per heavy atom. The van der Waals surface area contributed by atoms with Crippen LogP contribution in [0, 0.1) is 0 Å². The SMILES string of the molecule is Nc1ccc2nc(NCc3ccc(Cl)cn3)[nH]c2c1. The van der Waals surface area contributed by atoms with E-state index in [-0.39, 0.29) is 0 Å². The third-order valence-electron chi connectivity index (χ3n) is 2.73. The first-order valence-corrected chi connectivity index (χ1v) is 6.18. The molecule has 0 radical (unpaired) electrons. The lowest BCUT2D eigenvalue weighted by molar-refractivity contribution is 1.02. The Kier molecular flexibility index (Phi) is 2.97. The summed E-state index contributed by atoms with van der Waals surface area (Å²) in [5.41, 5.74) is 9.11. The molecule has 3 rings (SSSR count). The number of rotatable bonds is 3. The molecule has 6 heteroatoms. The molecule has 0 saturated heterocycles. The van der Waals surface area contributed by atoms with Gasteiger partial charge in [-0.3, -0.25) is 4.98 Å². The summed E-state index contributed by atoms with van der Waals surface area (Å²) in [5.74, 6) is 0.692. The van der Waals surface area contributed by atoms with Crippen LogP contribution < -0.4 is 11.1 Å². The van der Waals surface area contributed by atoms with E-state index >= 15 is 0 Å². The number of pyridine rings is 1. The average Bonchev–Trinajstić information content (AvgIpc) is 2.80. The second kappa shape index (κ2) is 4.78. The summed E-state index contributed by atoms with van der Waals surface area (Å²) in [6.45, 7) is 0.576. The zero-order valence-corrected chi connectivity index (χ0v) is 10.8. The van der Waals surface area contributed by atoms with E-state index < -0.39 is 0 Å². The molecule has 0 aliphatic carbocycles. The van der Waals surface area contributed by atoms with Crippen LogP contribution in [0.2, 0.25) is 5.02 Å². The highest BCUT2D eigenvalue weighted by atomic mass is 35.5. The van der Waals surface area contributed by atoms with E-state index in [0.717, 1.165) is 16.7 Å². The van der Waals surface area contributed by atoms with Crippen LogP contribution in [-0.2, 0) is 6.54 Å². The minimum Gasteiger partial charge on any atom is -0.399 e. The predicted molar refractivity (Wildman–Crippen MR) is 77.1 cm³/mol. The van der Waals surface area contributed by atoms with Crippen LogP contribution in [0.5, 0.6) is 0 Å². The van der Waals surface area contributed by atoms with E-state index in [2.05, 4.69) is 20.3 Å². The number of H-pyrrole nitrogens is 1. The Hall–Kier alpha value is -2.27. The predicted octanol–water partition coefficient (Wildman–Crippen LogP) is 2.81. The Labute approximate surface area is 114 Å². The molecule has 19 heavy (non-hydrogen) atoms. The molecule has 0 saturated carbocycles. The molecule has 3 aromatic rings. The fourth-order valence-electron chi connectivity index (χ4n) is 1.80. The second-order valence-electron chi connectivity index (χ2n) is 4.18. The number of nitrogens with zero attached hydrogens (tertiary/aromatic N) is 2. The monoisotopic (exact) mass is 273 g/mol. The van der Waals surface area contributed by atoms with Gasteiger partial charge in [-0.15, -0.1) is 0 Å².